The number of carbonyl (C=O) groups is 1. The fourth-order valence-electron chi connectivity index (χ4n) is 3.35. The lowest BCUT2D eigenvalue weighted by Crippen LogP contribution is -2.41. The Labute approximate surface area is 142 Å². The van der Waals surface area contributed by atoms with E-state index in [4.69, 9.17) is 9.84 Å². The summed E-state index contributed by atoms with van der Waals surface area (Å²) < 4.78 is 7.22. The molecule has 1 aromatic heterocycles. The minimum atomic E-state index is 0.0767. The number of carbonyl (C=O) groups excluding carboxylic acids is 1. The molecule has 4 rings (SSSR count). The van der Waals surface area contributed by atoms with E-state index in [0.717, 1.165) is 37.3 Å². The minimum Gasteiger partial charge on any atom is -0.381 e. The summed E-state index contributed by atoms with van der Waals surface area (Å²) in [5.41, 5.74) is 2.67. The Morgan fingerprint density at radius 3 is 2.46 bits per heavy atom. The zero-order chi connectivity index (χ0) is 16.5. The van der Waals surface area contributed by atoms with Crippen LogP contribution in [0.1, 0.15) is 47.8 Å². The highest BCUT2D eigenvalue weighted by Crippen LogP contribution is 2.40. The molecule has 5 nitrogen and oxygen atoms in total. The van der Waals surface area contributed by atoms with Gasteiger partial charge in [0.25, 0.3) is 5.91 Å². The Kier molecular flexibility index (Phi) is 4.10. The van der Waals surface area contributed by atoms with Crippen LogP contribution in [0.25, 0.3) is 5.69 Å². The monoisotopic (exact) mass is 325 g/mol. The van der Waals surface area contributed by atoms with Crippen LogP contribution in [-0.2, 0) is 4.74 Å². The Morgan fingerprint density at radius 2 is 1.83 bits per heavy atom. The number of hydrogen-bond acceptors (Lipinski definition) is 3. The van der Waals surface area contributed by atoms with Gasteiger partial charge in [-0.2, -0.15) is 5.10 Å². The van der Waals surface area contributed by atoms with Gasteiger partial charge in [0, 0.05) is 26.1 Å². The summed E-state index contributed by atoms with van der Waals surface area (Å²) in [4.78, 5) is 15.0. The van der Waals surface area contributed by atoms with Crippen LogP contribution in [0.4, 0.5) is 0 Å². The van der Waals surface area contributed by atoms with Gasteiger partial charge in [-0.15, -0.1) is 0 Å². The van der Waals surface area contributed by atoms with Crippen LogP contribution in [0.5, 0.6) is 0 Å². The molecule has 0 bridgehead atoms. The lowest BCUT2D eigenvalue weighted by Gasteiger charge is -2.31. The number of ether oxygens (including phenoxy) is 1. The third kappa shape index (κ3) is 2.96. The summed E-state index contributed by atoms with van der Waals surface area (Å²) in [6, 6.07) is 11.9. The predicted molar refractivity (Wildman–Crippen MR) is 91.5 cm³/mol. The lowest BCUT2D eigenvalue weighted by molar-refractivity contribution is 0.0346. The van der Waals surface area contributed by atoms with Crippen molar-refractivity contribution in [1.82, 2.24) is 14.7 Å². The van der Waals surface area contributed by atoms with Gasteiger partial charge in [0.2, 0.25) is 0 Å². The average molecular weight is 325 g/mol. The molecular formula is C19H23N3O2. The lowest BCUT2D eigenvalue weighted by atomic mass is 10.1. The van der Waals surface area contributed by atoms with Crippen molar-refractivity contribution >= 4 is 5.91 Å². The molecule has 24 heavy (non-hydrogen) atoms. The molecule has 0 spiro atoms. The first-order valence-corrected chi connectivity index (χ1v) is 8.73. The third-order valence-electron chi connectivity index (χ3n) is 5.01. The van der Waals surface area contributed by atoms with E-state index < -0.39 is 0 Å². The van der Waals surface area contributed by atoms with Gasteiger partial charge in [-0.3, -0.25) is 4.79 Å². The molecule has 1 aromatic carbocycles. The maximum Gasteiger partial charge on any atom is 0.272 e. The number of piperidine rings is 1. The molecule has 1 amide bonds. The second-order valence-electron chi connectivity index (χ2n) is 6.70. The molecule has 126 valence electrons. The normalized spacial score (nSPS) is 18.8. The number of para-hydroxylation sites is 1. The molecule has 5 heteroatoms. The van der Waals surface area contributed by atoms with Gasteiger partial charge >= 0.3 is 0 Å². The second-order valence-corrected chi connectivity index (χ2v) is 6.70. The van der Waals surface area contributed by atoms with Crippen molar-refractivity contribution in [3.63, 3.8) is 0 Å². The SMILES string of the molecule is COC1CCN(C(=O)c2cc(C3CC3)nn2-c2ccccc2)CC1. The molecule has 1 saturated heterocycles. The maximum absolute atomic E-state index is 13.1. The number of methoxy groups -OCH3 is 1. The molecule has 2 heterocycles. The number of benzene rings is 1. The Hall–Kier alpha value is -2.14. The number of hydrogen-bond donors (Lipinski definition) is 0. The van der Waals surface area contributed by atoms with Crippen LogP contribution in [0.2, 0.25) is 0 Å². The van der Waals surface area contributed by atoms with Crippen molar-refractivity contribution in [2.24, 2.45) is 0 Å². The van der Waals surface area contributed by atoms with Crippen LogP contribution in [0.15, 0.2) is 36.4 Å². The number of rotatable bonds is 4. The standard InChI is InChI=1S/C19H23N3O2/c1-24-16-9-11-21(12-10-16)19(23)18-13-17(14-7-8-14)20-22(18)15-5-3-2-4-6-15/h2-6,13-14,16H,7-12H2,1H3. The van der Waals surface area contributed by atoms with Gasteiger partial charge in [-0.25, -0.2) is 4.68 Å². The van der Waals surface area contributed by atoms with Gasteiger partial charge < -0.3 is 9.64 Å². The van der Waals surface area contributed by atoms with E-state index in [-0.39, 0.29) is 12.0 Å². The van der Waals surface area contributed by atoms with Crippen LogP contribution < -0.4 is 0 Å². The smallest absolute Gasteiger partial charge is 0.272 e. The molecule has 0 N–H and O–H groups in total. The molecule has 2 aromatic rings. The summed E-state index contributed by atoms with van der Waals surface area (Å²) >= 11 is 0. The van der Waals surface area contributed by atoms with Crippen molar-refractivity contribution < 1.29 is 9.53 Å². The first-order valence-electron chi connectivity index (χ1n) is 8.73. The molecular weight excluding hydrogens is 302 g/mol. The molecule has 2 aliphatic rings. The molecule has 2 fully saturated rings. The fourth-order valence-corrected chi connectivity index (χ4v) is 3.35. The van der Waals surface area contributed by atoms with Crippen molar-refractivity contribution in [2.45, 2.75) is 37.7 Å². The van der Waals surface area contributed by atoms with E-state index >= 15 is 0 Å². The fraction of sp³-hybridized carbons (Fsp3) is 0.474. The quantitative estimate of drug-likeness (QED) is 0.868. The van der Waals surface area contributed by atoms with Gasteiger partial charge in [0.05, 0.1) is 17.5 Å². The van der Waals surface area contributed by atoms with Crippen molar-refractivity contribution in [1.29, 1.82) is 0 Å². The van der Waals surface area contributed by atoms with E-state index in [2.05, 4.69) is 0 Å². The van der Waals surface area contributed by atoms with Crippen LogP contribution in [0.3, 0.4) is 0 Å². The number of likely N-dealkylation sites (tertiary alicyclic amines) is 1. The Morgan fingerprint density at radius 1 is 1.12 bits per heavy atom. The van der Waals surface area contributed by atoms with E-state index in [9.17, 15) is 4.79 Å². The highest BCUT2D eigenvalue weighted by atomic mass is 16.5. The van der Waals surface area contributed by atoms with Crippen molar-refractivity contribution in [2.75, 3.05) is 20.2 Å². The summed E-state index contributed by atoms with van der Waals surface area (Å²) in [5, 5.41) is 4.73. The number of amides is 1. The summed E-state index contributed by atoms with van der Waals surface area (Å²) in [5.74, 6) is 0.605. The number of nitrogens with zero attached hydrogens (tertiary/aromatic N) is 3. The second kappa shape index (κ2) is 6.40. The first-order chi connectivity index (χ1) is 11.8. The topological polar surface area (TPSA) is 47.4 Å². The Balaban J connectivity index is 1.63. The van der Waals surface area contributed by atoms with Crippen LogP contribution in [-0.4, -0.2) is 46.9 Å². The van der Waals surface area contributed by atoms with E-state index in [0.29, 0.717) is 11.6 Å². The minimum absolute atomic E-state index is 0.0767. The van der Waals surface area contributed by atoms with E-state index in [1.807, 2.05) is 46.0 Å². The van der Waals surface area contributed by atoms with Crippen molar-refractivity contribution in [3.05, 3.63) is 47.8 Å². The predicted octanol–water partition coefficient (Wildman–Crippen LogP) is 3.00. The molecule has 0 radical (unpaired) electrons. The third-order valence-corrected chi connectivity index (χ3v) is 5.01. The Bertz CT molecular complexity index is 713. The van der Waals surface area contributed by atoms with Gasteiger partial charge in [0.15, 0.2) is 0 Å². The van der Waals surface area contributed by atoms with E-state index in [1.54, 1.807) is 7.11 Å². The van der Waals surface area contributed by atoms with Crippen LogP contribution >= 0.6 is 0 Å². The molecule has 1 aliphatic heterocycles. The maximum atomic E-state index is 13.1. The molecule has 0 atom stereocenters. The van der Waals surface area contributed by atoms with Crippen LogP contribution in [0, 0.1) is 0 Å². The highest BCUT2D eigenvalue weighted by molar-refractivity contribution is 5.93. The van der Waals surface area contributed by atoms with Gasteiger partial charge in [0.1, 0.15) is 5.69 Å². The molecule has 0 unspecified atom stereocenters. The zero-order valence-electron chi connectivity index (χ0n) is 14.0. The average Bonchev–Trinajstić information content (AvgIpc) is 3.40. The van der Waals surface area contributed by atoms with E-state index in [1.165, 1.54) is 12.8 Å². The molecule has 1 saturated carbocycles. The number of aromatic nitrogens is 2. The summed E-state index contributed by atoms with van der Waals surface area (Å²) in [7, 11) is 1.74. The summed E-state index contributed by atoms with van der Waals surface area (Å²) in [6.07, 6.45) is 4.43. The first kappa shape index (κ1) is 15.4. The molecule has 1 aliphatic carbocycles. The van der Waals surface area contributed by atoms with Gasteiger partial charge in [-0.05, 0) is 43.9 Å². The highest BCUT2D eigenvalue weighted by Gasteiger charge is 2.31. The summed E-state index contributed by atoms with van der Waals surface area (Å²) in [6.45, 7) is 1.49. The van der Waals surface area contributed by atoms with Gasteiger partial charge in [-0.1, -0.05) is 18.2 Å². The largest absolute Gasteiger partial charge is 0.381 e. The van der Waals surface area contributed by atoms with Crippen molar-refractivity contribution in [3.8, 4) is 5.69 Å². The zero-order valence-corrected chi connectivity index (χ0v) is 14.0.